The predicted molar refractivity (Wildman–Crippen MR) is 53.4 cm³/mol. The second-order valence-corrected chi connectivity index (χ2v) is 4.58. The van der Waals surface area contributed by atoms with E-state index in [2.05, 4.69) is 4.98 Å². The molecule has 1 atom stereocenters. The summed E-state index contributed by atoms with van der Waals surface area (Å²) >= 11 is 6.06. The third-order valence-electron chi connectivity index (χ3n) is 3.10. The molecule has 3 rings (SSSR count). The Morgan fingerprint density at radius 1 is 1.36 bits per heavy atom. The topological polar surface area (TPSA) is 38.1 Å². The van der Waals surface area contributed by atoms with Gasteiger partial charge in [-0.05, 0) is 32.1 Å². The van der Waals surface area contributed by atoms with Crippen molar-refractivity contribution in [2.24, 2.45) is 0 Å². The second kappa shape index (κ2) is 2.97. The van der Waals surface area contributed by atoms with E-state index in [-0.39, 0.29) is 0 Å². The van der Waals surface area contributed by atoms with Gasteiger partial charge in [-0.15, -0.1) is 0 Å². The summed E-state index contributed by atoms with van der Waals surface area (Å²) in [7, 11) is 0. The van der Waals surface area contributed by atoms with Gasteiger partial charge in [0.2, 0.25) is 0 Å². The minimum Gasteiger partial charge on any atom is -0.373 e. The smallest absolute Gasteiger partial charge is 0.150 e. The highest BCUT2D eigenvalue weighted by atomic mass is 35.5. The fourth-order valence-electron chi connectivity index (χ4n) is 2.22. The predicted octanol–water partition coefficient (Wildman–Crippen LogP) is 2.24. The molecule has 1 aliphatic heterocycles. The Hall–Kier alpha value is -0.540. The van der Waals surface area contributed by atoms with Crippen LogP contribution in [0.15, 0.2) is 0 Å². The lowest BCUT2D eigenvalue weighted by molar-refractivity contribution is 0.0758. The van der Waals surface area contributed by atoms with Crippen LogP contribution in [0.5, 0.6) is 0 Å². The molecule has 0 aromatic carbocycles. The SMILES string of the molecule is OC1CCCc2c(Cl)nc(C3CC3)n21. The Kier molecular flexibility index (Phi) is 1.86. The van der Waals surface area contributed by atoms with Crippen molar-refractivity contribution in [2.45, 2.75) is 44.2 Å². The molecule has 0 saturated heterocycles. The first-order valence-electron chi connectivity index (χ1n) is 5.22. The van der Waals surface area contributed by atoms with Crippen molar-refractivity contribution in [2.75, 3.05) is 0 Å². The van der Waals surface area contributed by atoms with Crippen molar-refractivity contribution in [3.8, 4) is 0 Å². The van der Waals surface area contributed by atoms with Gasteiger partial charge in [0, 0.05) is 5.92 Å². The first-order chi connectivity index (χ1) is 6.77. The maximum atomic E-state index is 9.90. The molecule has 2 heterocycles. The van der Waals surface area contributed by atoms with E-state index in [0.29, 0.717) is 11.1 Å². The largest absolute Gasteiger partial charge is 0.373 e. The summed E-state index contributed by atoms with van der Waals surface area (Å²) in [5.74, 6) is 1.56. The van der Waals surface area contributed by atoms with E-state index < -0.39 is 6.23 Å². The lowest BCUT2D eigenvalue weighted by atomic mass is 10.1. The number of aliphatic hydroxyl groups is 1. The molecule has 1 aromatic heterocycles. The fraction of sp³-hybridized carbons (Fsp3) is 0.700. The summed E-state index contributed by atoms with van der Waals surface area (Å²) in [5, 5.41) is 10.5. The van der Waals surface area contributed by atoms with E-state index in [0.717, 1.165) is 30.8 Å². The molecule has 0 bridgehead atoms. The zero-order valence-electron chi connectivity index (χ0n) is 7.91. The van der Waals surface area contributed by atoms with Crippen molar-refractivity contribution >= 4 is 11.6 Å². The van der Waals surface area contributed by atoms with E-state index >= 15 is 0 Å². The quantitative estimate of drug-likeness (QED) is 0.776. The van der Waals surface area contributed by atoms with Gasteiger partial charge in [0.05, 0.1) is 5.69 Å². The number of halogens is 1. The summed E-state index contributed by atoms with van der Waals surface area (Å²) < 4.78 is 1.96. The Balaban J connectivity index is 2.12. The third-order valence-corrected chi connectivity index (χ3v) is 3.41. The summed E-state index contributed by atoms with van der Waals surface area (Å²) in [6.07, 6.45) is 4.79. The molecule has 1 aromatic rings. The molecule has 76 valence electrons. The summed E-state index contributed by atoms with van der Waals surface area (Å²) in [4.78, 5) is 4.37. The number of hydrogen-bond donors (Lipinski definition) is 1. The van der Waals surface area contributed by atoms with E-state index in [4.69, 9.17) is 11.6 Å². The van der Waals surface area contributed by atoms with E-state index in [1.165, 1.54) is 12.8 Å². The summed E-state index contributed by atoms with van der Waals surface area (Å²) in [5.41, 5.74) is 1.03. The molecule has 0 spiro atoms. The van der Waals surface area contributed by atoms with E-state index in [1.807, 2.05) is 4.57 Å². The van der Waals surface area contributed by atoms with Gasteiger partial charge in [0.25, 0.3) is 0 Å². The molecular weight excluding hydrogens is 200 g/mol. The molecule has 4 heteroatoms. The Morgan fingerprint density at radius 3 is 2.86 bits per heavy atom. The van der Waals surface area contributed by atoms with Crippen molar-refractivity contribution in [1.82, 2.24) is 9.55 Å². The summed E-state index contributed by atoms with van der Waals surface area (Å²) in [6, 6.07) is 0. The minimum absolute atomic E-state index is 0.394. The van der Waals surface area contributed by atoms with Gasteiger partial charge in [0.15, 0.2) is 5.15 Å². The Bertz CT molecular complexity index is 370. The number of aliphatic hydroxyl groups excluding tert-OH is 1. The maximum absolute atomic E-state index is 9.90. The van der Waals surface area contributed by atoms with Crippen LogP contribution in [0.25, 0.3) is 0 Å². The number of imidazole rings is 1. The van der Waals surface area contributed by atoms with Crippen LogP contribution in [0.2, 0.25) is 5.15 Å². The average Bonchev–Trinajstić information content (AvgIpc) is 2.94. The van der Waals surface area contributed by atoms with Crippen LogP contribution in [-0.4, -0.2) is 14.7 Å². The molecular formula is C10H13ClN2O. The van der Waals surface area contributed by atoms with Gasteiger partial charge in [-0.3, -0.25) is 0 Å². The van der Waals surface area contributed by atoms with Gasteiger partial charge in [-0.1, -0.05) is 11.6 Å². The van der Waals surface area contributed by atoms with Crippen LogP contribution in [0.1, 0.15) is 49.3 Å². The van der Waals surface area contributed by atoms with E-state index in [9.17, 15) is 5.11 Å². The first-order valence-corrected chi connectivity index (χ1v) is 5.59. The number of fused-ring (bicyclic) bond motifs is 1. The van der Waals surface area contributed by atoms with Crippen LogP contribution >= 0.6 is 11.6 Å². The van der Waals surface area contributed by atoms with E-state index in [1.54, 1.807) is 0 Å². The van der Waals surface area contributed by atoms with Crippen LogP contribution in [0, 0.1) is 0 Å². The van der Waals surface area contributed by atoms with Crippen LogP contribution < -0.4 is 0 Å². The highest BCUT2D eigenvalue weighted by Gasteiger charge is 2.34. The zero-order valence-corrected chi connectivity index (χ0v) is 8.67. The Morgan fingerprint density at radius 2 is 2.14 bits per heavy atom. The lowest BCUT2D eigenvalue weighted by Gasteiger charge is -2.22. The fourth-order valence-corrected chi connectivity index (χ4v) is 2.50. The van der Waals surface area contributed by atoms with Gasteiger partial charge < -0.3 is 9.67 Å². The normalized spacial score (nSPS) is 26.3. The second-order valence-electron chi connectivity index (χ2n) is 4.22. The lowest BCUT2D eigenvalue weighted by Crippen LogP contribution is -2.19. The minimum atomic E-state index is -0.394. The monoisotopic (exact) mass is 212 g/mol. The van der Waals surface area contributed by atoms with Crippen LogP contribution in [0.3, 0.4) is 0 Å². The first kappa shape index (κ1) is 8.74. The number of nitrogens with zero attached hydrogens (tertiary/aromatic N) is 2. The summed E-state index contributed by atoms with van der Waals surface area (Å²) in [6.45, 7) is 0. The van der Waals surface area contributed by atoms with Crippen molar-refractivity contribution in [1.29, 1.82) is 0 Å². The molecule has 1 N–H and O–H groups in total. The molecule has 1 aliphatic carbocycles. The number of aromatic nitrogens is 2. The van der Waals surface area contributed by atoms with Crippen molar-refractivity contribution in [3.63, 3.8) is 0 Å². The highest BCUT2D eigenvalue weighted by molar-refractivity contribution is 6.30. The molecule has 1 saturated carbocycles. The number of hydrogen-bond acceptors (Lipinski definition) is 2. The molecule has 3 nitrogen and oxygen atoms in total. The van der Waals surface area contributed by atoms with Gasteiger partial charge in [0.1, 0.15) is 12.1 Å². The van der Waals surface area contributed by atoms with Gasteiger partial charge >= 0.3 is 0 Å². The van der Waals surface area contributed by atoms with Crippen LogP contribution in [-0.2, 0) is 6.42 Å². The molecule has 1 fully saturated rings. The standard InChI is InChI=1S/C10H13ClN2O/c11-9-7-2-1-3-8(14)13(7)10(12-9)6-4-5-6/h6,8,14H,1-5H2. The van der Waals surface area contributed by atoms with Crippen molar-refractivity contribution in [3.05, 3.63) is 16.7 Å². The Labute approximate surface area is 87.7 Å². The number of rotatable bonds is 1. The van der Waals surface area contributed by atoms with Crippen LogP contribution in [0.4, 0.5) is 0 Å². The van der Waals surface area contributed by atoms with Gasteiger partial charge in [-0.25, -0.2) is 4.98 Å². The average molecular weight is 213 g/mol. The maximum Gasteiger partial charge on any atom is 0.150 e. The van der Waals surface area contributed by atoms with Crippen molar-refractivity contribution < 1.29 is 5.11 Å². The molecule has 1 unspecified atom stereocenters. The molecule has 14 heavy (non-hydrogen) atoms. The molecule has 0 amide bonds. The third kappa shape index (κ3) is 1.19. The molecule has 0 radical (unpaired) electrons. The zero-order chi connectivity index (χ0) is 9.71. The van der Waals surface area contributed by atoms with Gasteiger partial charge in [-0.2, -0.15) is 0 Å². The highest BCUT2D eigenvalue weighted by Crippen LogP contribution is 2.43. The molecule has 2 aliphatic rings.